The van der Waals surface area contributed by atoms with E-state index in [1.54, 1.807) is 16.7 Å². The van der Waals surface area contributed by atoms with Gasteiger partial charge in [0.2, 0.25) is 0 Å². The fourth-order valence-corrected chi connectivity index (χ4v) is 2.83. The van der Waals surface area contributed by atoms with Crippen LogP contribution in [0.4, 0.5) is 0 Å². The zero-order valence-corrected chi connectivity index (χ0v) is 12.6. The minimum atomic E-state index is 0.832. The van der Waals surface area contributed by atoms with Crippen molar-refractivity contribution in [2.24, 2.45) is 17.8 Å². The summed E-state index contributed by atoms with van der Waals surface area (Å²) < 4.78 is 0. The maximum atomic E-state index is 2.52. The van der Waals surface area contributed by atoms with Crippen molar-refractivity contribution < 1.29 is 0 Å². The van der Waals surface area contributed by atoms with Crippen molar-refractivity contribution in [3.8, 4) is 0 Å². The van der Waals surface area contributed by atoms with Gasteiger partial charge in [-0.15, -0.1) is 0 Å². The zero-order valence-electron chi connectivity index (χ0n) is 12.6. The highest BCUT2D eigenvalue weighted by Crippen LogP contribution is 2.46. The van der Waals surface area contributed by atoms with Crippen molar-refractivity contribution in [1.29, 1.82) is 0 Å². The standard InChI is InChI=1S/C17H30/c1-7-9-10-16(14(5)12(3)8-2)17-11-13(4)15(17)6/h10,13,15,17H,7-9,11H2,1-6H3. The molecule has 0 N–H and O–H groups in total. The molecule has 0 spiro atoms. The number of allylic oxidation sites excluding steroid dienone is 4. The third-order valence-corrected chi connectivity index (χ3v) is 4.81. The molecular weight excluding hydrogens is 204 g/mol. The van der Waals surface area contributed by atoms with Gasteiger partial charge in [0.25, 0.3) is 0 Å². The van der Waals surface area contributed by atoms with Gasteiger partial charge in [-0.2, -0.15) is 0 Å². The average Bonchev–Trinajstić information content (AvgIpc) is 2.35. The predicted molar refractivity (Wildman–Crippen MR) is 78.1 cm³/mol. The van der Waals surface area contributed by atoms with Crippen molar-refractivity contribution in [3.05, 3.63) is 22.8 Å². The van der Waals surface area contributed by atoms with Gasteiger partial charge in [0, 0.05) is 0 Å². The van der Waals surface area contributed by atoms with E-state index in [1.807, 2.05) is 0 Å². The van der Waals surface area contributed by atoms with E-state index >= 15 is 0 Å². The summed E-state index contributed by atoms with van der Waals surface area (Å²) in [6, 6.07) is 0. The summed E-state index contributed by atoms with van der Waals surface area (Å²) in [5, 5.41) is 0. The second-order valence-electron chi connectivity index (χ2n) is 5.89. The van der Waals surface area contributed by atoms with Crippen molar-refractivity contribution in [2.75, 3.05) is 0 Å². The molecule has 0 heterocycles. The Labute approximate surface area is 108 Å². The lowest BCUT2D eigenvalue weighted by Gasteiger charge is -2.43. The Morgan fingerprint density at radius 2 is 1.82 bits per heavy atom. The summed E-state index contributed by atoms with van der Waals surface area (Å²) in [5.74, 6) is 2.62. The molecule has 17 heavy (non-hydrogen) atoms. The van der Waals surface area contributed by atoms with Gasteiger partial charge in [-0.1, -0.05) is 45.8 Å². The van der Waals surface area contributed by atoms with Gasteiger partial charge in [0.05, 0.1) is 0 Å². The molecule has 0 heteroatoms. The van der Waals surface area contributed by atoms with Crippen LogP contribution in [0.1, 0.15) is 67.2 Å². The van der Waals surface area contributed by atoms with Crippen LogP contribution in [-0.2, 0) is 0 Å². The molecule has 1 fully saturated rings. The molecule has 0 saturated heterocycles. The largest absolute Gasteiger partial charge is 0.0808 e. The molecular formula is C17H30. The molecule has 98 valence electrons. The predicted octanol–water partition coefficient (Wildman–Crippen LogP) is 5.75. The van der Waals surface area contributed by atoms with Gasteiger partial charge < -0.3 is 0 Å². The van der Waals surface area contributed by atoms with Crippen LogP contribution in [0, 0.1) is 17.8 Å². The normalized spacial score (nSPS) is 30.9. The van der Waals surface area contributed by atoms with E-state index in [0.717, 1.165) is 17.8 Å². The number of unbranched alkanes of at least 4 members (excludes halogenated alkanes) is 1. The van der Waals surface area contributed by atoms with Gasteiger partial charge in [-0.05, 0) is 62.0 Å². The second-order valence-corrected chi connectivity index (χ2v) is 5.89. The lowest BCUT2D eigenvalue weighted by atomic mass is 9.62. The molecule has 1 aliphatic carbocycles. The molecule has 0 bridgehead atoms. The van der Waals surface area contributed by atoms with Crippen LogP contribution in [-0.4, -0.2) is 0 Å². The second kappa shape index (κ2) is 6.42. The molecule has 0 aromatic carbocycles. The molecule has 3 unspecified atom stereocenters. The van der Waals surface area contributed by atoms with Gasteiger partial charge in [-0.3, -0.25) is 0 Å². The molecule has 0 nitrogen and oxygen atoms in total. The van der Waals surface area contributed by atoms with E-state index in [-0.39, 0.29) is 0 Å². The van der Waals surface area contributed by atoms with Gasteiger partial charge in [-0.25, -0.2) is 0 Å². The van der Waals surface area contributed by atoms with E-state index in [9.17, 15) is 0 Å². The summed E-state index contributed by atoms with van der Waals surface area (Å²) in [5.41, 5.74) is 4.81. The molecule has 0 aromatic heterocycles. The summed E-state index contributed by atoms with van der Waals surface area (Å²) in [6.07, 6.45) is 7.60. The molecule has 0 aliphatic heterocycles. The van der Waals surface area contributed by atoms with Gasteiger partial charge in [0.1, 0.15) is 0 Å². The Morgan fingerprint density at radius 1 is 1.18 bits per heavy atom. The Bertz CT molecular complexity index is 306. The highest BCUT2D eigenvalue weighted by molar-refractivity contribution is 5.36. The molecule has 3 atom stereocenters. The van der Waals surface area contributed by atoms with Crippen LogP contribution in [0.15, 0.2) is 22.8 Å². The lowest BCUT2D eigenvalue weighted by Crippen LogP contribution is -2.34. The van der Waals surface area contributed by atoms with Gasteiger partial charge >= 0.3 is 0 Å². The Balaban J connectivity index is 2.90. The van der Waals surface area contributed by atoms with E-state index < -0.39 is 0 Å². The summed E-state index contributed by atoms with van der Waals surface area (Å²) >= 11 is 0. The topological polar surface area (TPSA) is 0 Å². The van der Waals surface area contributed by atoms with Crippen LogP contribution >= 0.6 is 0 Å². The molecule has 0 amide bonds. The smallest absolute Gasteiger partial charge is 0.0132 e. The van der Waals surface area contributed by atoms with Crippen molar-refractivity contribution in [1.82, 2.24) is 0 Å². The van der Waals surface area contributed by atoms with Crippen LogP contribution < -0.4 is 0 Å². The summed E-state index contributed by atoms with van der Waals surface area (Å²) in [6.45, 7) is 14.0. The van der Waals surface area contributed by atoms with Crippen LogP contribution in [0.25, 0.3) is 0 Å². The number of hydrogen-bond donors (Lipinski definition) is 0. The maximum absolute atomic E-state index is 2.52. The molecule has 1 saturated carbocycles. The molecule has 1 aliphatic rings. The van der Waals surface area contributed by atoms with E-state index in [2.05, 4.69) is 47.6 Å². The highest BCUT2D eigenvalue weighted by atomic mass is 14.4. The SMILES string of the molecule is CCCC=C(C(C)=C(C)CC)C1CC(C)C1C. The first-order valence-corrected chi connectivity index (χ1v) is 7.39. The first kappa shape index (κ1) is 14.5. The quantitative estimate of drug-likeness (QED) is 0.531. The number of rotatable bonds is 5. The average molecular weight is 234 g/mol. The monoisotopic (exact) mass is 234 g/mol. The minimum absolute atomic E-state index is 0.832. The van der Waals surface area contributed by atoms with Crippen LogP contribution in [0.5, 0.6) is 0 Å². The maximum Gasteiger partial charge on any atom is -0.0132 e. The molecule has 0 aromatic rings. The van der Waals surface area contributed by atoms with Gasteiger partial charge in [0.15, 0.2) is 0 Å². The minimum Gasteiger partial charge on any atom is -0.0808 e. The van der Waals surface area contributed by atoms with E-state index in [0.29, 0.717) is 0 Å². The summed E-state index contributed by atoms with van der Waals surface area (Å²) in [7, 11) is 0. The van der Waals surface area contributed by atoms with Crippen molar-refractivity contribution in [3.63, 3.8) is 0 Å². The van der Waals surface area contributed by atoms with E-state index in [4.69, 9.17) is 0 Å². The molecule has 0 radical (unpaired) electrons. The Morgan fingerprint density at radius 3 is 2.24 bits per heavy atom. The zero-order chi connectivity index (χ0) is 13.0. The fraction of sp³-hybridized carbons (Fsp3) is 0.765. The number of hydrogen-bond acceptors (Lipinski definition) is 0. The Kier molecular flexibility index (Phi) is 5.49. The van der Waals surface area contributed by atoms with Crippen molar-refractivity contribution in [2.45, 2.75) is 67.2 Å². The first-order chi connectivity index (χ1) is 8.02. The Hall–Kier alpha value is -0.520. The highest BCUT2D eigenvalue weighted by Gasteiger charge is 2.36. The van der Waals surface area contributed by atoms with Crippen LogP contribution in [0.3, 0.4) is 0 Å². The molecule has 1 rings (SSSR count). The fourth-order valence-electron chi connectivity index (χ4n) is 2.83. The lowest BCUT2D eigenvalue weighted by molar-refractivity contribution is 0.136. The third kappa shape index (κ3) is 3.24. The van der Waals surface area contributed by atoms with Crippen molar-refractivity contribution >= 4 is 0 Å². The third-order valence-electron chi connectivity index (χ3n) is 4.81. The first-order valence-electron chi connectivity index (χ1n) is 7.39. The summed E-state index contributed by atoms with van der Waals surface area (Å²) in [4.78, 5) is 0. The van der Waals surface area contributed by atoms with Crippen LogP contribution in [0.2, 0.25) is 0 Å². The van der Waals surface area contributed by atoms with E-state index in [1.165, 1.54) is 25.7 Å².